The summed E-state index contributed by atoms with van der Waals surface area (Å²) in [6.07, 6.45) is 5.37. The number of para-hydroxylation sites is 1. The first kappa shape index (κ1) is 20.2. The van der Waals surface area contributed by atoms with Gasteiger partial charge in [0, 0.05) is 16.7 Å². The van der Waals surface area contributed by atoms with E-state index in [0.717, 1.165) is 0 Å². The van der Waals surface area contributed by atoms with Crippen LogP contribution in [0.3, 0.4) is 0 Å². The van der Waals surface area contributed by atoms with Crippen molar-refractivity contribution in [1.82, 2.24) is 0 Å². The average molecular weight is 395 g/mol. The number of nitrogens with zero attached hydrogens (tertiary/aromatic N) is 1. The number of hydrogen-bond acceptors (Lipinski definition) is 5. The maximum absolute atomic E-state index is 12.3. The van der Waals surface area contributed by atoms with Crippen molar-refractivity contribution >= 4 is 25.5 Å². The number of rotatable bonds is 7. The normalized spacial score (nSPS) is 20.3. The Kier molecular flexibility index (Phi) is 5.94. The Balaban J connectivity index is 2.67. The molecule has 2 rings (SSSR count). The van der Waals surface area contributed by atoms with Crippen molar-refractivity contribution in [2.75, 3.05) is 16.2 Å². The van der Waals surface area contributed by atoms with Crippen LogP contribution in [0.2, 0.25) is 0 Å². The Bertz CT molecular complexity index is 986. The number of nitriles is 1. The van der Waals surface area contributed by atoms with E-state index in [9.17, 15) is 22.1 Å². The smallest absolute Gasteiger partial charge is 0.232 e. The molecule has 26 heavy (non-hydrogen) atoms. The Hall–Kier alpha value is -2.11. The zero-order chi connectivity index (χ0) is 19.4. The molecular weight excluding hydrogens is 372 g/mol. The number of nitrogens with one attached hydrogen (secondary N) is 1. The van der Waals surface area contributed by atoms with Crippen molar-refractivity contribution in [1.29, 1.82) is 5.26 Å². The lowest BCUT2D eigenvalue weighted by Crippen LogP contribution is -2.27. The third-order valence-corrected chi connectivity index (χ3v) is 7.51. The lowest BCUT2D eigenvalue weighted by atomic mass is 9.74. The minimum atomic E-state index is -3.52. The van der Waals surface area contributed by atoms with Crippen LogP contribution in [0.4, 0.5) is 5.69 Å². The highest BCUT2D eigenvalue weighted by Gasteiger charge is 2.34. The van der Waals surface area contributed by atoms with Crippen LogP contribution in [0.25, 0.3) is 0 Å². The van der Waals surface area contributed by atoms with Gasteiger partial charge in [0.1, 0.15) is 0 Å². The highest BCUT2D eigenvalue weighted by Crippen LogP contribution is 2.41. The topological polar surface area (TPSA) is 104 Å². The quantitative estimate of drug-likeness (QED) is 0.716. The molecule has 0 saturated heterocycles. The first-order valence-electron chi connectivity index (χ1n) is 8.29. The number of allylic oxidation sites excluding steroid dienone is 4. The van der Waals surface area contributed by atoms with Crippen molar-refractivity contribution in [3.8, 4) is 6.07 Å². The first-order chi connectivity index (χ1) is 12.2. The molecule has 6 nitrogen and oxygen atoms in total. The molecule has 8 heteroatoms. The minimum absolute atomic E-state index is 0.00288. The van der Waals surface area contributed by atoms with E-state index in [4.69, 9.17) is 0 Å². The predicted octanol–water partition coefficient (Wildman–Crippen LogP) is 2.88. The van der Waals surface area contributed by atoms with Gasteiger partial charge in [-0.1, -0.05) is 43.4 Å². The molecule has 0 saturated carbocycles. The van der Waals surface area contributed by atoms with Gasteiger partial charge in [-0.05, 0) is 18.6 Å². The van der Waals surface area contributed by atoms with E-state index in [1.165, 1.54) is 6.92 Å². The van der Waals surface area contributed by atoms with Crippen LogP contribution >= 0.6 is 0 Å². The van der Waals surface area contributed by atoms with E-state index in [0.29, 0.717) is 11.3 Å². The van der Waals surface area contributed by atoms with Crippen LogP contribution in [0.15, 0.2) is 47.4 Å². The Morgan fingerprint density at radius 1 is 1.15 bits per heavy atom. The Labute approximate surface area is 155 Å². The summed E-state index contributed by atoms with van der Waals surface area (Å²) in [5, 5.41) is 9.36. The molecule has 1 unspecified atom stereocenters. The molecule has 0 bridgehead atoms. The maximum Gasteiger partial charge on any atom is 0.232 e. The van der Waals surface area contributed by atoms with Gasteiger partial charge in [-0.3, -0.25) is 4.72 Å². The first-order valence-corrected chi connectivity index (χ1v) is 11.6. The third kappa shape index (κ3) is 4.17. The SMILES string of the molecule is CCS(=O)(=O)Nc1ccccc1C1(CC#N)C=CCC(S(=O)(=O)CC)=C1. The maximum atomic E-state index is 12.3. The van der Waals surface area contributed by atoms with Crippen LogP contribution in [0.1, 0.15) is 32.3 Å². The van der Waals surface area contributed by atoms with Crippen molar-refractivity contribution < 1.29 is 16.8 Å². The Morgan fingerprint density at radius 2 is 1.85 bits per heavy atom. The van der Waals surface area contributed by atoms with Gasteiger partial charge >= 0.3 is 0 Å². The molecule has 0 radical (unpaired) electrons. The number of sulfonamides is 1. The highest BCUT2D eigenvalue weighted by atomic mass is 32.2. The summed E-state index contributed by atoms with van der Waals surface area (Å²) in [6, 6.07) is 8.87. The number of sulfone groups is 1. The molecule has 1 aromatic carbocycles. The van der Waals surface area contributed by atoms with Gasteiger partial charge in [-0.15, -0.1) is 0 Å². The molecule has 0 aliphatic heterocycles. The van der Waals surface area contributed by atoms with Crippen molar-refractivity contribution in [3.05, 3.63) is 53.0 Å². The van der Waals surface area contributed by atoms with E-state index in [1.54, 1.807) is 49.4 Å². The van der Waals surface area contributed by atoms with Crippen LogP contribution in [-0.2, 0) is 25.3 Å². The molecule has 1 aliphatic carbocycles. The molecule has 1 N–H and O–H groups in total. The summed E-state index contributed by atoms with van der Waals surface area (Å²) >= 11 is 0. The highest BCUT2D eigenvalue weighted by molar-refractivity contribution is 7.95. The molecular formula is C18H22N2O4S2. The molecule has 0 spiro atoms. The second-order valence-electron chi connectivity index (χ2n) is 6.05. The molecule has 1 atom stereocenters. The van der Waals surface area contributed by atoms with Gasteiger partial charge in [0.25, 0.3) is 0 Å². The summed E-state index contributed by atoms with van der Waals surface area (Å²) in [5.41, 5.74) is -0.101. The zero-order valence-electron chi connectivity index (χ0n) is 14.8. The lowest BCUT2D eigenvalue weighted by molar-refractivity contribution is 0.597. The molecule has 0 heterocycles. The van der Waals surface area contributed by atoms with E-state index in [2.05, 4.69) is 10.8 Å². The lowest BCUT2D eigenvalue weighted by Gasteiger charge is -2.31. The van der Waals surface area contributed by atoms with Gasteiger partial charge < -0.3 is 0 Å². The van der Waals surface area contributed by atoms with E-state index in [1.807, 2.05) is 0 Å². The number of benzene rings is 1. The van der Waals surface area contributed by atoms with Crippen LogP contribution in [-0.4, -0.2) is 28.3 Å². The van der Waals surface area contributed by atoms with Crippen LogP contribution in [0.5, 0.6) is 0 Å². The summed E-state index contributed by atoms with van der Waals surface area (Å²) in [6.45, 7) is 3.10. The van der Waals surface area contributed by atoms with Crippen LogP contribution < -0.4 is 4.72 Å². The van der Waals surface area contributed by atoms with Gasteiger partial charge in [0.2, 0.25) is 10.0 Å². The molecule has 0 aromatic heterocycles. The van der Waals surface area contributed by atoms with Crippen LogP contribution in [0, 0.1) is 11.3 Å². The standard InChI is InChI=1S/C18H22N2O4S2/c1-3-25(21,22)15-8-7-11-18(14-15,12-13-19)16-9-5-6-10-17(16)20-26(23,24)4-2/h5-7,9-11,14,20H,3-4,8,12H2,1-2H3. The average Bonchev–Trinajstić information content (AvgIpc) is 2.62. The van der Waals surface area contributed by atoms with E-state index < -0.39 is 25.3 Å². The van der Waals surface area contributed by atoms with Crippen molar-refractivity contribution in [3.63, 3.8) is 0 Å². The van der Waals surface area contributed by atoms with Crippen molar-refractivity contribution in [2.45, 2.75) is 32.1 Å². The molecule has 1 aliphatic rings. The largest absolute Gasteiger partial charge is 0.283 e. The molecule has 0 amide bonds. The molecule has 1 aromatic rings. The second-order valence-corrected chi connectivity index (χ2v) is 10.4. The fourth-order valence-electron chi connectivity index (χ4n) is 2.90. The molecule has 0 fully saturated rings. The fourth-order valence-corrected chi connectivity index (χ4v) is 4.67. The monoisotopic (exact) mass is 394 g/mol. The minimum Gasteiger partial charge on any atom is -0.283 e. The van der Waals surface area contributed by atoms with Crippen molar-refractivity contribution in [2.24, 2.45) is 0 Å². The second kappa shape index (κ2) is 7.64. The summed E-state index contributed by atoms with van der Waals surface area (Å²) in [4.78, 5) is 0.255. The fraction of sp³-hybridized carbons (Fsp3) is 0.389. The number of anilines is 1. The van der Waals surface area contributed by atoms with Gasteiger partial charge in [-0.2, -0.15) is 5.26 Å². The molecule has 140 valence electrons. The summed E-state index contributed by atoms with van der Waals surface area (Å²) in [7, 11) is -6.93. The predicted molar refractivity (Wildman–Crippen MR) is 103 cm³/mol. The van der Waals surface area contributed by atoms with Gasteiger partial charge in [0.15, 0.2) is 9.84 Å². The van der Waals surface area contributed by atoms with Gasteiger partial charge in [0.05, 0.1) is 29.7 Å². The van der Waals surface area contributed by atoms with E-state index in [-0.39, 0.29) is 29.3 Å². The van der Waals surface area contributed by atoms with E-state index >= 15 is 0 Å². The Morgan fingerprint density at radius 3 is 2.46 bits per heavy atom. The number of hydrogen-bond donors (Lipinski definition) is 1. The summed E-state index contributed by atoms with van der Waals surface area (Å²) in [5.74, 6) is -0.118. The summed E-state index contributed by atoms with van der Waals surface area (Å²) < 4.78 is 51.3. The zero-order valence-corrected chi connectivity index (χ0v) is 16.4. The third-order valence-electron chi connectivity index (χ3n) is 4.38. The van der Waals surface area contributed by atoms with Gasteiger partial charge in [-0.25, -0.2) is 16.8 Å².